The highest BCUT2D eigenvalue weighted by Crippen LogP contribution is 2.21. The Labute approximate surface area is 101 Å². The van der Waals surface area contributed by atoms with Gasteiger partial charge in [0.15, 0.2) is 0 Å². The summed E-state index contributed by atoms with van der Waals surface area (Å²) in [6.07, 6.45) is 7.21. The summed E-state index contributed by atoms with van der Waals surface area (Å²) in [5.41, 5.74) is 3.14. The van der Waals surface area contributed by atoms with Crippen molar-refractivity contribution in [3.05, 3.63) is 58.6 Å². The quantitative estimate of drug-likeness (QED) is 0.793. The summed E-state index contributed by atoms with van der Waals surface area (Å²) in [5, 5.41) is 2.96. The van der Waals surface area contributed by atoms with E-state index in [9.17, 15) is 4.79 Å². The van der Waals surface area contributed by atoms with Crippen LogP contribution in [0.1, 0.15) is 25.1 Å². The number of nitrogens with zero attached hydrogens (tertiary/aromatic N) is 1. The molecule has 0 aliphatic heterocycles. The molecule has 0 radical (unpaired) electrons. The standard InChI is InChI=1S/C14H18N2O/c1-6-9-11(10(4)7-2)13-12(8-3)15-16(5)14(13)17/h6-9,15H,2-3H2,1,4-5H3/b9-6-,11-10+. The normalized spacial score (nSPS) is 12.6. The van der Waals surface area contributed by atoms with Gasteiger partial charge in [-0.2, -0.15) is 0 Å². The topological polar surface area (TPSA) is 37.8 Å². The Bertz CT molecular complexity index is 553. The van der Waals surface area contributed by atoms with Gasteiger partial charge in [0.2, 0.25) is 0 Å². The first-order chi connectivity index (χ1) is 8.06. The molecule has 0 aliphatic carbocycles. The fourth-order valence-corrected chi connectivity index (χ4v) is 1.67. The average molecular weight is 230 g/mol. The molecule has 1 heterocycles. The summed E-state index contributed by atoms with van der Waals surface area (Å²) in [5.74, 6) is 0. The molecule has 0 aliphatic rings. The molecule has 3 heteroatoms. The third-order valence-corrected chi connectivity index (χ3v) is 2.61. The van der Waals surface area contributed by atoms with Crippen molar-refractivity contribution in [2.75, 3.05) is 0 Å². The molecule has 17 heavy (non-hydrogen) atoms. The third-order valence-electron chi connectivity index (χ3n) is 2.61. The predicted octanol–water partition coefficient (Wildman–Crippen LogP) is 2.89. The van der Waals surface area contributed by atoms with Gasteiger partial charge in [0, 0.05) is 7.05 Å². The molecule has 90 valence electrons. The minimum Gasteiger partial charge on any atom is -0.295 e. The second kappa shape index (κ2) is 5.34. The van der Waals surface area contributed by atoms with E-state index in [1.165, 1.54) is 4.68 Å². The van der Waals surface area contributed by atoms with Crippen molar-refractivity contribution in [1.82, 2.24) is 9.78 Å². The molecule has 0 aromatic carbocycles. The number of aromatic amines is 1. The lowest BCUT2D eigenvalue weighted by Gasteiger charge is -2.03. The molecular weight excluding hydrogens is 212 g/mol. The number of allylic oxidation sites excluding steroid dienone is 5. The van der Waals surface area contributed by atoms with Crippen LogP contribution in [0.3, 0.4) is 0 Å². The summed E-state index contributed by atoms with van der Waals surface area (Å²) in [6.45, 7) is 11.3. The van der Waals surface area contributed by atoms with E-state index in [0.29, 0.717) is 5.56 Å². The molecule has 3 nitrogen and oxygen atoms in total. The van der Waals surface area contributed by atoms with Crippen molar-refractivity contribution in [2.45, 2.75) is 13.8 Å². The van der Waals surface area contributed by atoms with Crippen LogP contribution in [0, 0.1) is 0 Å². The number of aromatic nitrogens is 2. The molecule has 0 saturated heterocycles. The molecule has 0 unspecified atom stereocenters. The fourth-order valence-electron chi connectivity index (χ4n) is 1.67. The van der Waals surface area contributed by atoms with Gasteiger partial charge in [-0.1, -0.05) is 31.4 Å². The van der Waals surface area contributed by atoms with E-state index in [0.717, 1.165) is 16.8 Å². The Hall–Kier alpha value is -2.03. The number of H-pyrrole nitrogens is 1. The van der Waals surface area contributed by atoms with Crippen LogP contribution < -0.4 is 5.56 Å². The van der Waals surface area contributed by atoms with Crippen molar-refractivity contribution in [1.29, 1.82) is 0 Å². The van der Waals surface area contributed by atoms with Crippen molar-refractivity contribution in [3.63, 3.8) is 0 Å². The van der Waals surface area contributed by atoms with Crippen molar-refractivity contribution in [2.24, 2.45) is 7.05 Å². The van der Waals surface area contributed by atoms with Gasteiger partial charge in [0.1, 0.15) is 0 Å². The highest BCUT2D eigenvalue weighted by atomic mass is 16.1. The zero-order valence-corrected chi connectivity index (χ0v) is 10.6. The van der Waals surface area contributed by atoms with Gasteiger partial charge in [-0.3, -0.25) is 14.6 Å². The summed E-state index contributed by atoms with van der Waals surface area (Å²) < 4.78 is 1.45. The maximum Gasteiger partial charge on any atom is 0.274 e. The highest BCUT2D eigenvalue weighted by Gasteiger charge is 2.14. The minimum absolute atomic E-state index is 0.0609. The zero-order chi connectivity index (χ0) is 13.0. The first-order valence-corrected chi connectivity index (χ1v) is 5.44. The first kappa shape index (κ1) is 13.0. The molecular formula is C14H18N2O. The lowest BCUT2D eigenvalue weighted by molar-refractivity contribution is 0.737. The van der Waals surface area contributed by atoms with Gasteiger partial charge in [-0.25, -0.2) is 0 Å². The van der Waals surface area contributed by atoms with Crippen LogP contribution in [0.2, 0.25) is 0 Å². The number of nitrogens with one attached hydrogen (secondary N) is 1. The van der Waals surface area contributed by atoms with Crippen LogP contribution in [0.4, 0.5) is 0 Å². The smallest absolute Gasteiger partial charge is 0.274 e. The van der Waals surface area contributed by atoms with Crippen LogP contribution in [-0.4, -0.2) is 9.78 Å². The molecule has 0 saturated carbocycles. The van der Waals surface area contributed by atoms with E-state index in [1.807, 2.05) is 26.0 Å². The Morgan fingerprint density at radius 3 is 2.53 bits per heavy atom. The predicted molar refractivity (Wildman–Crippen MR) is 73.7 cm³/mol. The summed E-state index contributed by atoms with van der Waals surface area (Å²) in [7, 11) is 1.69. The second-order valence-corrected chi connectivity index (χ2v) is 3.77. The summed E-state index contributed by atoms with van der Waals surface area (Å²) in [4.78, 5) is 12.1. The Kier molecular flexibility index (Phi) is 4.10. The molecule has 0 fully saturated rings. The monoisotopic (exact) mass is 230 g/mol. The van der Waals surface area contributed by atoms with Crippen LogP contribution in [0.15, 0.2) is 41.8 Å². The van der Waals surface area contributed by atoms with Gasteiger partial charge < -0.3 is 0 Å². The van der Waals surface area contributed by atoms with Gasteiger partial charge >= 0.3 is 0 Å². The lowest BCUT2D eigenvalue weighted by Crippen LogP contribution is -2.15. The van der Waals surface area contributed by atoms with Crippen LogP contribution in [-0.2, 0) is 7.05 Å². The number of rotatable bonds is 4. The van der Waals surface area contributed by atoms with E-state index >= 15 is 0 Å². The molecule has 0 bridgehead atoms. The largest absolute Gasteiger partial charge is 0.295 e. The maximum atomic E-state index is 12.1. The zero-order valence-electron chi connectivity index (χ0n) is 10.6. The van der Waals surface area contributed by atoms with E-state index in [-0.39, 0.29) is 5.56 Å². The second-order valence-electron chi connectivity index (χ2n) is 3.77. The molecule has 1 N–H and O–H groups in total. The van der Waals surface area contributed by atoms with Crippen LogP contribution in [0.5, 0.6) is 0 Å². The lowest BCUT2D eigenvalue weighted by atomic mass is 10.0. The fraction of sp³-hybridized carbons (Fsp3) is 0.214. The molecule has 0 atom stereocenters. The number of aryl methyl sites for hydroxylation is 1. The van der Waals surface area contributed by atoms with Crippen LogP contribution >= 0.6 is 0 Å². The minimum atomic E-state index is -0.0609. The SMILES string of the molecule is C=C/C(C)=C(\C=C/C)c1c(C=C)[nH]n(C)c1=O. The van der Waals surface area contributed by atoms with Crippen molar-refractivity contribution < 1.29 is 0 Å². The van der Waals surface area contributed by atoms with E-state index in [1.54, 1.807) is 19.2 Å². The van der Waals surface area contributed by atoms with E-state index in [4.69, 9.17) is 0 Å². The van der Waals surface area contributed by atoms with Crippen LogP contribution in [0.25, 0.3) is 11.6 Å². The molecule has 0 spiro atoms. The Morgan fingerprint density at radius 2 is 2.06 bits per heavy atom. The molecule has 1 aromatic heterocycles. The van der Waals surface area contributed by atoms with Crippen molar-refractivity contribution >= 4 is 11.6 Å². The molecule has 1 aromatic rings. The number of hydrogen-bond donors (Lipinski definition) is 1. The number of hydrogen-bond acceptors (Lipinski definition) is 1. The van der Waals surface area contributed by atoms with E-state index < -0.39 is 0 Å². The van der Waals surface area contributed by atoms with Gasteiger partial charge in [0.25, 0.3) is 5.56 Å². The van der Waals surface area contributed by atoms with E-state index in [2.05, 4.69) is 18.3 Å². The van der Waals surface area contributed by atoms with Gasteiger partial charge in [-0.15, -0.1) is 0 Å². The Balaban J connectivity index is 3.65. The third kappa shape index (κ3) is 2.38. The summed E-state index contributed by atoms with van der Waals surface area (Å²) in [6, 6.07) is 0. The Morgan fingerprint density at radius 1 is 1.41 bits per heavy atom. The van der Waals surface area contributed by atoms with Gasteiger partial charge in [-0.05, 0) is 31.1 Å². The highest BCUT2D eigenvalue weighted by molar-refractivity contribution is 5.81. The van der Waals surface area contributed by atoms with Gasteiger partial charge in [0.05, 0.1) is 11.3 Å². The first-order valence-electron chi connectivity index (χ1n) is 5.44. The molecule has 1 rings (SSSR count). The van der Waals surface area contributed by atoms with Crippen molar-refractivity contribution in [3.8, 4) is 0 Å². The average Bonchev–Trinajstić information content (AvgIpc) is 2.61. The molecule has 0 amide bonds. The maximum absolute atomic E-state index is 12.1. The summed E-state index contributed by atoms with van der Waals surface area (Å²) >= 11 is 0.